The zero-order chi connectivity index (χ0) is 20.4. The molecule has 0 aromatic carbocycles. The van der Waals surface area contributed by atoms with Crippen LogP contribution in [0.25, 0.3) is 0 Å². The lowest BCUT2D eigenvalue weighted by Crippen LogP contribution is -2.53. The number of hydrogen-bond acceptors (Lipinski definition) is 7. The largest absolute Gasteiger partial charge is 0.480 e. The molecule has 11 nitrogen and oxygen atoms in total. The van der Waals surface area contributed by atoms with Gasteiger partial charge in [0.1, 0.15) is 12.1 Å². The van der Waals surface area contributed by atoms with Crippen LogP contribution in [0.15, 0.2) is 0 Å². The lowest BCUT2D eigenvalue weighted by molar-refractivity contribution is -0.141. The number of rotatable bonds is 11. The molecular weight excluding hydrogens is 378 g/mol. The van der Waals surface area contributed by atoms with Gasteiger partial charge >= 0.3 is 5.97 Å². The minimum atomic E-state index is -1.25. The summed E-state index contributed by atoms with van der Waals surface area (Å²) in [5.41, 5.74) is 5.09. The van der Waals surface area contributed by atoms with E-state index in [1.165, 1.54) is 0 Å². The van der Waals surface area contributed by atoms with Crippen LogP contribution in [-0.4, -0.2) is 71.7 Å². The fourth-order valence-electron chi connectivity index (χ4n) is 2.46. The number of aliphatic carboxylic acids is 1. The van der Waals surface area contributed by atoms with Gasteiger partial charge in [-0.05, 0) is 25.8 Å². The summed E-state index contributed by atoms with van der Waals surface area (Å²) < 4.78 is 0. The van der Waals surface area contributed by atoms with E-state index in [9.17, 15) is 24.0 Å². The van der Waals surface area contributed by atoms with Crippen LogP contribution in [0.1, 0.15) is 25.7 Å². The summed E-state index contributed by atoms with van der Waals surface area (Å²) in [6.45, 7) is 0.216. The number of nitrogens with two attached hydrogens (primary N) is 1. The minimum Gasteiger partial charge on any atom is -0.480 e. The van der Waals surface area contributed by atoms with E-state index in [0.29, 0.717) is 13.0 Å². The smallest absolute Gasteiger partial charge is 0.327 e. The number of carbonyl (C=O) groups excluding carboxylic acids is 4. The molecule has 0 spiro atoms. The molecule has 152 valence electrons. The number of carbonyl (C=O) groups is 5. The van der Waals surface area contributed by atoms with Crippen molar-refractivity contribution in [3.63, 3.8) is 0 Å². The van der Waals surface area contributed by atoms with Crippen LogP contribution in [0.2, 0.25) is 0 Å². The summed E-state index contributed by atoms with van der Waals surface area (Å²) in [7, 11) is 0. The van der Waals surface area contributed by atoms with Crippen LogP contribution in [0.3, 0.4) is 0 Å². The first-order valence-electron chi connectivity index (χ1n) is 8.47. The lowest BCUT2D eigenvalue weighted by atomic mass is 10.1. The first kappa shape index (κ1) is 22.7. The molecule has 3 atom stereocenters. The van der Waals surface area contributed by atoms with Crippen molar-refractivity contribution >= 4 is 42.2 Å². The number of carboxylic acids is 1. The molecule has 0 bridgehead atoms. The number of nitrogens with one attached hydrogen (secondary N) is 4. The van der Waals surface area contributed by atoms with E-state index in [-0.39, 0.29) is 24.5 Å². The normalized spacial score (nSPS) is 18.2. The molecular formula is C15H25N5O6S. The fraction of sp³-hybridized carbons (Fsp3) is 0.667. The summed E-state index contributed by atoms with van der Waals surface area (Å²) in [6.07, 6.45) is 1.34. The Morgan fingerprint density at radius 1 is 1.19 bits per heavy atom. The Kier molecular flexibility index (Phi) is 9.58. The summed E-state index contributed by atoms with van der Waals surface area (Å²) in [5, 5.41) is 18.9. The molecule has 0 aliphatic carbocycles. The van der Waals surface area contributed by atoms with E-state index >= 15 is 0 Å². The molecule has 1 rings (SSSR count). The molecule has 0 aromatic rings. The topological polar surface area (TPSA) is 180 Å². The molecule has 1 aliphatic rings. The Labute approximate surface area is 161 Å². The second-order valence-electron chi connectivity index (χ2n) is 6.07. The van der Waals surface area contributed by atoms with Gasteiger partial charge < -0.3 is 32.1 Å². The second kappa shape index (κ2) is 11.4. The molecule has 27 heavy (non-hydrogen) atoms. The van der Waals surface area contributed by atoms with Crippen LogP contribution in [0, 0.1) is 0 Å². The SMILES string of the molecule is NC(=O)CCC(NC(=O)C1CCCN1)C(=O)NCC(=O)NC(CS)C(=O)O. The first-order valence-corrected chi connectivity index (χ1v) is 9.10. The van der Waals surface area contributed by atoms with Crippen LogP contribution in [-0.2, 0) is 24.0 Å². The third kappa shape index (κ3) is 8.26. The predicted molar refractivity (Wildman–Crippen MR) is 97.8 cm³/mol. The van der Waals surface area contributed by atoms with Crippen molar-refractivity contribution in [2.45, 2.75) is 43.8 Å². The molecule has 12 heteroatoms. The summed E-state index contributed by atoms with van der Waals surface area (Å²) in [4.78, 5) is 58.1. The maximum Gasteiger partial charge on any atom is 0.327 e. The van der Waals surface area contributed by atoms with E-state index in [0.717, 1.165) is 6.42 Å². The Hall–Kier alpha value is -2.34. The Bertz CT molecular complexity index is 581. The number of primary amides is 1. The highest BCUT2D eigenvalue weighted by Crippen LogP contribution is 2.06. The van der Waals surface area contributed by atoms with Crippen molar-refractivity contribution in [2.75, 3.05) is 18.8 Å². The van der Waals surface area contributed by atoms with Gasteiger partial charge in [0.05, 0.1) is 12.6 Å². The lowest BCUT2D eigenvalue weighted by Gasteiger charge is -2.20. The van der Waals surface area contributed by atoms with Gasteiger partial charge in [-0.3, -0.25) is 19.2 Å². The predicted octanol–water partition coefficient (Wildman–Crippen LogP) is -2.90. The van der Waals surface area contributed by atoms with Gasteiger partial charge in [-0.25, -0.2) is 4.79 Å². The minimum absolute atomic E-state index is 0.0182. The van der Waals surface area contributed by atoms with Crippen molar-refractivity contribution in [1.82, 2.24) is 21.3 Å². The van der Waals surface area contributed by atoms with Crippen molar-refractivity contribution in [1.29, 1.82) is 0 Å². The molecule has 1 saturated heterocycles. The van der Waals surface area contributed by atoms with Gasteiger partial charge in [0.25, 0.3) is 0 Å². The molecule has 0 aromatic heterocycles. The van der Waals surface area contributed by atoms with Crippen molar-refractivity contribution in [2.24, 2.45) is 5.73 Å². The molecule has 0 radical (unpaired) electrons. The van der Waals surface area contributed by atoms with E-state index in [1.54, 1.807) is 0 Å². The van der Waals surface area contributed by atoms with Crippen molar-refractivity contribution in [3.8, 4) is 0 Å². The fourth-order valence-corrected chi connectivity index (χ4v) is 2.70. The van der Waals surface area contributed by atoms with Crippen LogP contribution >= 0.6 is 12.6 Å². The quantitative estimate of drug-likeness (QED) is 0.181. The average Bonchev–Trinajstić information content (AvgIpc) is 3.15. The monoisotopic (exact) mass is 403 g/mol. The molecule has 1 fully saturated rings. The van der Waals surface area contributed by atoms with Crippen LogP contribution in [0.4, 0.5) is 0 Å². The zero-order valence-electron chi connectivity index (χ0n) is 14.7. The maximum atomic E-state index is 12.3. The maximum absolute atomic E-state index is 12.3. The molecule has 0 saturated carbocycles. The third-order valence-electron chi connectivity index (χ3n) is 3.93. The Morgan fingerprint density at radius 2 is 1.89 bits per heavy atom. The average molecular weight is 403 g/mol. The molecule has 7 N–H and O–H groups in total. The standard InChI is InChI=1S/C15H25N5O6S/c16-11(21)4-3-9(20-14(24)8-2-1-5-17-8)13(23)18-6-12(22)19-10(7-27)15(25)26/h8-10,17,27H,1-7H2,(H2,16,21)(H,18,23)(H,19,22)(H,20,24)(H,25,26). The van der Waals surface area contributed by atoms with Gasteiger partial charge in [0.2, 0.25) is 23.6 Å². The zero-order valence-corrected chi connectivity index (χ0v) is 15.6. The van der Waals surface area contributed by atoms with E-state index in [2.05, 4.69) is 33.9 Å². The number of amides is 4. The van der Waals surface area contributed by atoms with Gasteiger partial charge in [0.15, 0.2) is 0 Å². The first-order chi connectivity index (χ1) is 12.7. The summed E-state index contributed by atoms with van der Waals surface area (Å²) in [6, 6.07) is -2.64. The Balaban J connectivity index is 2.58. The highest BCUT2D eigenvalue weighted by molar-refractivity contribution is 7.80. The van der Waals surface area contributed by atoms with Gasteiger partial charge in [0, 0.05) is 12.2 Å². The van der Waals surface area contributed by atoms with Gasteiger partial charge in [-0.15, -0.1) is 0 Å². The van der Waals surface area contributed by atoms with Crippen molar-refractivity contribution < 1.29 is 29.1 Å². The summed E-state index contributed by atoms with van der Waals surface area (Å²) >= 11 is 3.82. The van der Waals surface area contributed by atoms with Gasteiger partial charge in [-0.2, -0.15) is 12.6 Å². The molecule has 1 heterocycles. The second-order valence-corrected chi connectivity index (χ2v) is 6.44. The van der Waals surface area contributed by atoms with Crippen molar-refractivity contribution in [3.05, 3.63) is 0 Å². The van der Waals surface area contributed by atoms with Crippen LogP contribution in [0.5, 0.6) is 0 Å². The summed E-state index contributed by atoms with van der Waals surface area (Å²) in [5.74, 6) is -3.75. The number of carboxylic acid groups (broad SMARTS) is 1. The molecule has 1 aliphatic heterocycles. The van der Waals surface area contributed by atoms with E-state index < -0.39 is 48.4 Å². The highest BCUT2D eigenvalue weighted by atomic mass is 32.1. The third-order valence-corrected chi connectivity index (χ3v) is 4.29. The highest BCUT2D eigenvalue weighted by Gasteiger charge is 2.28. The number of hydrogen-bond donors (Lipinski definition) is 7. The molecule has 4 amide bonds. The van der Waals surface area contributed by atoms with E-state index in [1.807, 2.05) is 0 Å². The van der Waals surface area contributed by atoms with Gasteiger partial charge in [-0.1, -0.05) is 0 Å². The number of thiol groups is 1. The van der Waals surface area contributed by atoms with Crippen LogP contribution < -0.4 is 27.0 Å². The molecule has 3 unspecified atom stereocenters. The van der Waals surface area contributed by atoms with E-state index in [4.69, 9.17) is 10.8 Å². The Morgan fingerprint density at radius 3 is 2.41 bits per heavy atom.